The second kappa shape index (κ2) is 35.0. The molecule has 2 N–H and O–H groups in total. The number of hydrogen-bond donors (Lipinski definition) is 2. The van der Waals surface area contributed by atoms with Crippen LogP contribution in [0.3, 0.4) is 0 Å². The Kier molecular flexibility index (Phi) is 34.6. The number of rotatable bonds is 36. The molecule has 0 aliphatic rings. The predicted molar refractivity (Wildman–Crippen MR) is 182 cm³/mol. The Balaban J connectivity index is 3.06. The average molecular weight is 614 g/mol. The van der Waals surface area contributed by atoms with E-state index in [1.807, 2.05) is 0 Å². The van der Waals surface area contributed by atoms with Gasteiger partial charge in [0.2, 0.25) is 6.08 Å². The SMILES string of the molecule is O=C=NCCCCCCCCCCCCCCCCCCCCCCCCCCCCCCCCCCCP(=O)(O)O. The number of unbranched alkanes of at least 4 members (excludes halogenated alkanes) is 32. The summed E-state index contributed by atoms with van der Waals surface area (Å²) in [6.07, 6.45) is 45.8. The summed E-state index contributed by atoms with van der Waals surface area (Å²) in [6, 6.07) is 0. The van der Waals surface area contributed by atoms with Gasteiger partial charge in [0.1, 0.15) is 0 Å². The van der Waals surface area contributed by atoms with Crippen molar-refractivity contribution in [1.82, 2.24) is 0 Å². The first kappa shape index (κ1) is 41.5. The lowest BCUT2D eigenvalue weighted by Crippen LogP contribution is -1.88. The first-order valence-electron chi connectivity index (χ1n) is 18.6. The number of isocyanates is 1. The first-order valence-corrected chi connectivity index (χ1v) is 20.4. The fourth-order valence-electron chi connectivity index (χ4n) is 6.03. The van der Waals surface area contributed by atoms with Gasteiger partial charge in [-0.1, -0.05) is 199 Å². The van der Waals surface area contributed by atoms with Crippen molar-refractivity contribution < 1.29 is 19.1 Å². The van der Waals surface area contributed by atoms with E-state index in [2.05, 4.69) is 4.99 Å². The van der Waals surface area contributed by atoms with E-state index in [1.54, 1.807) is 6.08 Å². The minimum absolute atomic E-state index is 0.0568. The van der Waals surface area contributed by atoms with Gasteiger partial charge in [-0.25, -0.2) is 9.79 Å². The molecule has 0 bridgehead atoms. The fourth-order valence-corrected chi connectivity index (χ4v) is 6.67. The highest BCUT2D eigenvalue weighted by molar-refractivity contribution is 7.51. The van der Waals surface area contributed by atoms with E-state index in [0.717, 1.165) is 19.3 Å². The summed E-state index contributed by atoms with van der Waals surface area (Å²) in [4.78, 5) is 31.3. The minimum atomic E-state index is -3.78. The van der Waals surface area contributed by atoms with Crippen LogP contribution >= 0.6 is 7.60 Å². The van der Waals surface area contributed by atoms with Crippen LogP contribution in [0.2, 0.25) is 0 Å². The molecule has 0 aliphatic carbocycles. The molecule has 42 heavy (non-hydrogen) atoms. The molecule has 0 radical (unpaired) electrons. The van der Waals surface area contributed by atoms with Crippen molar-refractivity contribution in [3.63, 3.8) is 0 Å². The number of aliphatic imine (C=N–C) groups is 1. The molecule has 0 heterocycles. The molecule has 0 unspecified atom stereocenters. The molecule has 0 amide bonds. The number of hydrogen-bond acceptors (Lipinski definition) is 3. The lowest BCUT2D eigenvalue weighted by atomic mass is 10.0. The molecular weight excluding hydrogens is 541 g/mol. The van der Waals surface area contributed by atoms with Gasteiger partial charge in [0.15, 0.2) is 0 Å². The van der Waals surface area contributed by atoms with Crippen LogP contribution < -0.4 is 0 Å². The van der Waals surface area contributed by atoms with Gasteiger partial charge in [0.05, 0.1) is 6.54 Å². The zero-order chi connectivity index (χ0) is 30.7. The van der Waals surface area contributed by atoms with Crippen LogP contribution in [0.4, 0.5) is 0 Å². The van der Waals surface area contributed by atoms with Gasteiger partial charge in [-0.15, -0.1) is 0 Å². The van der Waals surface area contributed by atoms with Crippen molar-refractivity contribution >= 4 is 13.7 Å². The van der Waals surface area contributed by atoms with Crippen LogP contribution in [0.5, 0.6) is 0 Å². The third-order valence-corrected chi connectivity index (χ3v) is 9.68. The van der Waals surface area contributed by atoms with Crippen molar-refractivity contribution in [2.24, 2.45) is 4.99 Å². The molecule has 0 saturated carbocycles. The highest BCUT2D eigenvalue weighted by atomic mass is 31.2. The minimum Gasteiger partial charge on any atom is -0.324 e. The molecule has 0 spiro atoms. The van der Waals surface area contributed by atoms with E-state index in [4.69, 9.17) is 9.79 Å². The summed E-state index contributed by atoms with van der Waals surface area (Å²) in [5, 5.41) is 0. The van der Waals surface area contributed by atoms with E-state index in [1.165, 1.54) is 186 Å². The van der Waals surface area contributed by atoms with E-state index >= 15 is 0 Å². The number of nitrogens with zero attached hydrogens (tertiary/aromatic N) is 1. The second-order valence-electron chi connectivity index (χ2n) is 13.0. The maximum absolute atomic E-state index is 10.8. The molecule has 0 aromatic rings. The molecule has 6 heteroatoms. The van der Waals surface area contributed by atoms with Gasteiger partial charge in [-0.05, 0) is 12.8 Å². The maximum atomic E-state index is 10.8. The quantitative estimate of drug-likeness (QED) is 0.0318. The van der Waals surface area contributed by atoms with Gasteiger partial charge in [-0.2, -0.15) is 0 Å². The third kappa shape index (κ3) is 39.5. The van der Waals surface area contributed by atoms with Gasteiger partial charge in [0.25, 0.3) is 0 Å². The monoisotopic (exact) mass is 614 g/mol. The molecule has 0 aromatic carbocycles. The van der Waals surface area contributed by atoms with Crippen molar-refractivity contribution in [2.75, 3.05) is 12.7 Å². The smallest absolute Gasteiger partial charge is 0.324 e. The lowest BCUT2D eigenvalue weighted by Gasteiger charge is -2.05. The zero-order valence-electron chi connectivity index (χ0n) is 27.9. The molecule has 0 rings (SSSR count). The molecule has 0 saturated heterocycles. The topological polar surface area (TPSA) is 87.0 Å². The zero-order valence-corrected chi connectivity index (χ0v) is 28.7. The van der Waals surface area contributed by atoms with Gasteiger partial charge < -0.3 is 9.79 Å². The largest absolute Gasteiger partial charge is 0.325 e. The molecule has 0 aromatic heterocycles. The van der Waals surface area contributed by atoms with Crippen LogP contribution in [-0.4, -0.2) is 28.6 Å². The molecule has 250 valence electrons. The number of carbonyl (C=O) groups excluding carboxylic acids is 1. The van der Waals surface area contributed by atoms with Gasteiger partial charge in [-0.3, -0.25) is 4.57 Å². The van der Waals surface area contributed by atoms with Crippen LogP contribution in [0.1, 0.15) is 212 Å². The van der Waals surface area contributed by atoms with Crippen LogP contribution in [-0.2, 0) is 9.36 Å². The highest BCUT2D eigenvalue weighted by Crippen LogP contribution is 2.35. The molecular formula is C36H72NO4P. The summed E-state index contributed by atoms with van der Waals surface area (Å²) in [5.41, 5.74) is 0. The average Bonchev–Trinajstić information content (AvgIpc) is 2.96. The summed E-state index contributed by atoms with van der Waals surface area (Å²) in [7, 11) is -3.78. The normalized spacial score (nSPS) is 11.7. The van der Waals surface area contributed by atoms with Gasteiger partial charge in [0, 0.05) is 6.16 Å². The first-order chi connectivity index (χ1) is 20.6. The standard InChI is InChI=1S/C36H72NO4P/c38-36-37-34-32-30-28-26-24-22-20-18-16-14-12-10-8-6-4-2-1-3-5-7-9-11-13-15-17-19-21-23-25-27-29-31-33-35-42(39,40)41/h1-35H2,(H2,39,40,41). The van der Waals surface area contributed by atoms with Crippen LogP contribution in [0, 0.1) is 0 Å². The molecule has 0 fully saturated rings. The Hall–Kier alpha value is -0.470. The molecule has 5 nitrogen and oxygen atoms in total. The van der Waals surface area contributed by atoms with E-state index < -0.39 is 7.60 Å². The molecule has 0 atom stereocenters. The maximum Gasteiger partial charge on any atom is 0.325 e. The van der Waals surface area contributed by atoms with Crippen LogP contribution in [0.15, 0.2) is 4.99 Å². The summed E-state index contributed by atoms with van der Waals surface area (Å²) in [6.45, 7) is 0.660. The Bertz CT molecular complexity index is 618. The van der Waals surface area contributed by atoms with Crippen molar-refractivity contribution in [3.8, 4) is 0 Å². The van der Waals surface area contributed by atoms with Crippen molar-refractivity contribution in [2.45, 2.75) is 212 Å². The van der Waals surface area contributed by atoms with Crippen LogP contribution in [0.25, 0.3) is 0 Å². The highest BCUT2D eigenvalue weighted by Gasteiger charge is 2.10. The Morgan fingerprint density at radius 2 is 0.548 bits per heavy atom. The van der Waals surface area contributed by atoms with E-state index in [9.17, 15) is 9.36 Å². The Morgan fingerprint density at radius 1 is 0.357 bits per heavy atom. The van der Waals surface area contributed by atoms with E-state index in [-0.39, 0.29) is 6.16 Å². The molecule has 0 aliphatic heterocycles. The van der Waals surface area contributed by atoms with E-state index in [0.29, 0.717) is 13.0 Å². The summed E-state index contributed by atoms with van der Waals surface area (Å²) >= 11 is 0. The third-order valence-electron chi connectivity index (χ3n) is 8.78. The lowest BCUT2D eigenvalue weighted by molar-refractivity contribution is 0.370. The van der Waals surface area contributed by atoms with Crippen molar-refractivity contribution in [3.05, 3.63) is 0 Å². The fraction of sp³-hybridized carbons (Fsp3) is 0.972. The Morgan fingerprint density at radius 3 is 0.738 bits per heavy atom. The summed E-state index contributed by atoms with van der Waals surface area (Å²) in [5.74, 6) is 0. The Labute approximate surface area is 262 Å². The summed E-state index contributed by atoms with van der Waals surface area (Å²) < 4.78 is 10.8. The van der Waals surface area contributed by atoms with Gasteiger partial charge >= 0.3 is 7.60 Å². The predicted octanol–water partition coefficient (Wildman–Crippen LogP) is 12.4. The second-order valence-corrected chi connectivity index (χ2v) is 14.8. The van der Waals surface area contributed by atoms with Crippen molar-refractivity contribution in [1.29, 1.82) is 0 Å².